The summed E-state index contributed by atoms with van der Waals surface area (Å²) in [4.78, 5) is 16.5. The molecular formula is C26H26N6O4S. The number of carbonyl (C=O) groups excluding carboxylic acids is 1. The molecule has 0 fully saturated rings. The third-order valence-electron chi connectivity index (χ3n) is 4.96. The molecule has 0 atom stereocenters. The fraction of sp³-hybridized carbons (Fsp3) is 0.154. The number of H-pyrrole nitrogens is 1. The third kappa shape index (κ3) is 7.74. The molecule has 11 heteroatoms. The number of para-hydroxylation sites is 1. The highest BCUT2D eigenvalue weighted by Gasteiger charge is 2.09. The number of ether oxygens (including phenoxy) is 3. The van der Waals surface area contributed by atoms with E-state index in [1.807, 2.05) is 66.7 Å². The number of methoxy groups -OCH3 is 2. The van der Waals surface area contributed by atoms with Crippen LogP contribution in [0.2, 0.25) is 0 Å². The van der Waals surface area contributed by atoms with Crippen molar-refractivity contribution in [3.8, 4) is 23.0 Å². The maximum atomic E-state index is 12.2. The molecule has 10 nitrogen and oxygen atoms in total. The Morgan fingerprint density at radius 2 is 1.81 bits per heavy atom. The molecule has 0 unspecified atom stereocenters. The summed E-state index contributed by atoms with van der Waals surface area (Å²) in [7, 11) is 3.15. The number of benzene rings is 3. The number of hydrazone groups is 1. The van der Waals surface area contributed by atoms with Gasteiger partial charge in [-0.1, -0.05) is 48.2 Å². The first-order valence-corrected chi connectivity index (χ1v) is 12.3. The fourth-order valence-electron chi connectivity index (χ4n) is 3.18. The molecule has 4 aromatic rings. The molecule has 1 aromatic heterocycles. The zero-order chi connectivity index (χ0) is 25.9. The summed E-state index contributed by atoms with van der Waals surface area (Å²) >= 11 is 1.21. The van der Waals surface area contributed by atoms with Crippen LogP contribution in [0.5, 0.6) is 23.0 Å². The van der Waals surface area contributed by atoms with Crippen molar-refractivity contribution in [3.05, 3.63) is 83.9 Å². The van der Waals surface area contributed by atoms with E-state index >= 15 is 0 Å². The normalized spacial score (nSPS) is 10.8. The molecule has 3 N–H and O–H groups in total. The average molecular weight is 519 g/mol. The summed E-state index contributed by atoms with van der Waals surface area (Å²) in [6.45, 7) is 0.368. The predicted octanol–water partition coefficient (Wildman–Crippen LogP) is 4.47. The van der Waals surface area contributed by atoms with Gasteiger partial charge in [-0.15, -0.1) is 5.10 Å². The quantitative estimate of drug-likeness (QED) is 0.143. The van der Waals surface area contributed by atoms with Crippen LogP contribution in [-0.2, 0) is 11.3 Å². The molecule has 3 aromatic carbocycles. The zero-order valence-electron chi connectivity index (χ0n) is 20.3. The molecule has 0 aliphatic rings. The van der Waals surface area contributed by atoms with E-state index in [9.17, 15) is 4.79 Å². The summed E-state index contributed by atoms with van der Waals surface area (Å²) in [5.41, 5.74) is 4.55. The van der Waals surface area contributed by atoms with Crippen molar-refractivity contribution in [3.63, 3.8) is 0 Å². The van der Waals surface area contributed by atoms with Crippen molar-refractivity contribution in [2.24, 2.45) is 5.10 Å². The summed E-state index contributed by atoms with van der Waals surface area (Å²) in [5, 5.41) is 14.3. The number of aromatic nitrogens is 3. The van der Waals surface area contributed by atoms with Crippen LogP contribution in [0.1, 0.15) is 11.1 Å². The van der Waals surface area contributed by atoms with E-state index in [2.05, 4.69) is 31.0 Å². The molecule has 0 saturated heterocycles. The number of nitrogens with zero attached hydrogens (tertiary/aromatic N) is 3. The van der Waals surface area contributed by atoms with E-state index in [1.165, 1.54) is 11.8 Å². The summed E-state index contributed by atoms with van der Waals surface area (Å²) in [5.74, 6) is 3.10. The highest BCUT2D eigenvalue weighted by Crippen LogP contribution is 2.27. The maximum Gasteiger partial charge on any atom is 0.240 e. The van der Waals surface area contributed by atoms with Crippen LogP contribution in [0.3, 0.4) is 0 Å². The number of hydrogen-bond acceptors (Lipinski definition) is 9. The minimum absolute atomic E-state index is 0.144. The lowest BCUT2D eigenvalue weighted by Gasteiger charge is -2.10. The van der Waals surface area contributed by atoms with Gasteiger partial charge in [-0.3, -0.25) is 4.79 Å². The average Bonchev–Trinajstić information content (AvgIpc) is 3.39. The molecule has 0 aliphatic heterocycles. The van der Waals surface area contributed by atoms with Crippen molar-refractivity contribution in [1.29, 1.82) is 0 Å². The lowest BCUT2D eigenvalue weighted by atomic mass is 10.2. The number of anilines is 1. The van der Waals surface area contributed by atoms with E-state index < -0.39 is 0 Å². The molecule has 190 valence electrons. The number of rotatable bonds is 12. The summed E-state index contributed by atoms with van der Waals surface area (Å²) < 4.78 is 16.4. The van der Waals surface area contributed by atoms with Gasteiger partial charge in [-0.2, -0.15) is 10.1 Å². The van der Waals surface area contributed by atoms with Gasteiger partial charge in [0.2, 0.25) is 17.0 Å². The van der Waals surface area contributed by atoms with Gasteiger partial charge >= 0.3 is 0 Å². The number of aromatic amines is 1. The standard InChI is InChI=1S/C26H26N6O4S/c1-34-22-12-11-19(14-23(22)35-2)15-27-24(33)17-37-26-29-25(31-32-26)30-28-16-18-7-6-10-21(13-18)36-20-8-4-3-5-9-20/h3-14,16H,15,17H2,1-2H3,(H,27,33)(H2,29,30,31,32)/b28-16-. The maximum absolute atomic E-state index is 12.2. The molecule has 4 rings (SSSR count). The summed E-state index contributed by atoms with van der Waals surface area (Å²) in [6.07, 6.45) is 1.65. The predicted molar refractivity (Wildman–Crippen MR) is 143 cm³/mol. The molecule has 1 amide bonds. The SMILES string of the molecule is COc1ccc(CNC(=O)CSc2n[nH]c(N/N=C\c3cccc(Oc4ccccc4)c3)n2)cc1OC. The van der Waals surface area contributed by atoms with Crippen LogP contribution in [-0.4, -0.2) is 47.3 Å². The number of amides is 1. The van der Waals surface area contributed by atoms with Crippen LogP contribution in [0.15, 0.2) is 83.1 Å². The smallest absolute Gasteiger partial charge is 0.240 e. The summed E-state index contributed by atoms with van der Waals surface area (Å²) in [6, 6.07) is 22.6. The minimum atomic E-state index is -0.144. The Bertz CT molecular complexity index is 1350. The van der Waals surface area contributed by atoms with E-state index in [4.69, 9.17) is 14.2 Å². The largest absolute Gasteiger partial charge is 0.493 e. The van der Waals surface area contributed by atoms with Crippen molar-refractivity contribution in [2.75, 3.05) is 25.4 Å². The van der Waals surface area contributed by atoms with E-state index in [0.717, 1.165) is 16.9 Å². The van der Waals surface area contributed by atoms with Gasteiger partial charge < -0.3 is 19.5 Å². The van der Waals surface area contributed by atoms with Crippen LogP contribution in [0.4, 0.5) is 5.95 Å². The highest BCUT2D eigenvalue weighted by atomic mass is 32.2. The zero-order valence-corrected chi connectivity index (χ0v) is 21.1. The molecular weight excluding hydrogens is 492 g/mol. The van der Waals surface area contributed by atoms with Gasteiger partial charge in [0.1, 0.15) is 11.5 Å². The Labute approximate surface area is 218 Å². The molecule has 0 spiro atoms. The van der Waals surface area contributed by atoms with Crippen molar-refractivity contribution < 1.29 is 19.0 Å². The lowest BCUT2D eigenvalue weighted by Crippen LogP contribution is -2.24. The van der Waals surface area contributed by atoms with Gasteiger partial charge in [0.25, 0.3) is 0 Å². The minimum Gasteiger partial charge on any atom is -0.493 e. The van der Waals surface area contributed by atoms with Crippen LogP contribution >= 0.6 is 11.8 Å². The number of thioether (sulfide) groups is 1. The number of hydrogen-bond donors (Lipinski definition) is 3. The van der Waals surface area contributed by atoms with Gasteiger partial charge in [0.15, 0.2) is 11.5 Å². The Kier molecular flexibility index (Phi) is 8.97. The van der Waals surface area contributed by atoms with Gasteiger partial charge in [-0.25, -0.2) is 10.5 Å². The Balaban J connectivity index is 1.22. The first-order chi connectivity index (χ1) is 18.1. The van der Waals surface area contributed by atoms with Gasteiger partial charge in [0.05, 0.1) is 26.2 Å². The second kappa shape index (κ2) is 13.0. The number of carbonyl (C=O) groups is 1. The van der Waals surface area contributed by atoms with E-state index in [-0.39, 0.29) is 11.7 Å². The first-order valence-electron chi connectivity index (χ1n) is 11.3. The molecule has 37 heavy (non-hydrogen) atoms. The van der Waals surface area contributed by atoms with E-state index in [1.54, 1.807) is 26.5 Å². The Morgan fingerprint density at radius 3 is 2.62 bits per heavy atom. The van der Waals surface area contributed by atoms with Crippen LogP contribution in [0, 0.1) is 0 Å². The molecule has 1 heterocycles. The van der Waals surface area contributed by atoms with E-state index in [0.29, 0.717) is 34.9 Å². The van der Waals surface area contributed by atoms with Gasteiger partial charge in [-0.05, 0) is 47.5 Å². The lowest BCUT2D eigenvalue weighted by molar-refractivity contribution is -0.118. The molecule has 0 saturated carbocycles. The highest BCUT2D eigenvalue weighted by molar-refractivity contribution is 7.99. The topological polar surface area (TPSA) is 123 Å². The van der Waals surface area contributed by atoms with Crippen molar-refractivity contribution in [2.45, 2.75) is 11.7 Å². The molecule has 0 aliphatic carbocycles. The number of nitrogens with one attached hydrogen (secondary N) is 3. The second-order valence-electron chi connectivity index (χ2n) is 7.58. The Hall–Kier alpha value is -4.51. The third-order valence-corrected chi connectivity index (χ3v) is 5.80. The van der Waals surface area contributed by atoms with Crippen LogP contribution in [0.25, 0.3) is 0 Å². The fourth-order valence-corrected chi connectivity index (χ4v) is 3.81. The first kappa shape index (κ1) is 25.6. The van der Waals surface area contributed by atoms with Gasteiger partial charge in [0, 0.05) is 6.54 Å². The second-order valence-corrected chi connectivity index (χ2v) is 8.52. The molecule has 0 radical (unpaired) electrons. The monoisotopic (exact) mass is 518 g/mol. The molecule has 0 bridgehead atoms. The van der Waals surface area contributed by atoms with Crippen LogP contribution < -0.4 is 25.0 Å². The van der Waals surface area contributed by atoms with Crippen molar-refractivity contribution >= 4 is 29.8 Å². The Morgan fingerprint density at radius 1 is 1.00 bits per heavy atom. The van der Waals surface area contributed by atoms with Crippen molar-refractivity contribution in [1.82, 2.24) is 20.5 Å².